The lowest BCUT2D eigenvalue weighted by Crippen LogP contribution is -2.46. The Bertz CT molecular complexity index is 1350. The Hall–Kier alpha value is -3.32. The van der Waals surface area contributed by atoms with Gasteiger partial charge in [0.15, 0.2) is 6.19 Å². The highest BCUT2D eigenvalue weighted by atomic mass is 35.5. The van der Waals surface area contributed by atoms with Crippen LogP contribution in [0.4, 0.5) is 38.3 Å². The zero-order chi connectivity index (χ0) is 32.3. The largest absolute Gasteiger partial charge is 0.359 e. The molecule has 1 aliphatic carbocycles. The number of aromatic nitrogens is 1. The van der Waals surface area contributed by atoms with Crippen molar-refractivity contribution < 1.29 is 42.2 Å². The second kappa shape index (κ2) is 12.0. The highest BCUT2D eigenvalue weighted by molar-refractivity contribution is 8.45. The zero-order valence-electron chi connectivity index (χ0n) is 22.6. The first-order valence-corrected chi connectivity index (χ1v) is 15.2. The fourth-order valence-electron chi connectivity index (χ4n) is 4.74. The van der Waals surface area contributed by atoms with Crippen molar-refractivity contribution in [1.29, 1.82) is 5.26 Å². The summed E-state index contributed by atoms with van der Waals surface area (Å²) < 4.78 is 106. The first-order valence-electron chi connectivity index (χ1n) is 12.8. The molecule has 0 spiro atoms. The van der Waals surface area contributed by atoms with E-state index in [9.17, 15) is 42.2 Å². The molecule has 7 nitrogen and oxygen atoms in total. The number of nitrogens with one attached hydrogen (secondary N) is 1. The van der Waals surface area contributed by atoms with Crippen molar-refractivity contribution in [3.05, 3.63) is 54.1 Å². The molecule has 0 bridgehead atoms. The van der Waals surface area contributed by atoms with Gasteiger partial charge in [-0.15, -0.1) is 11.6 Å². The van der Waals surface area contributed by atoms with Crippen LogP contribution in [0.1, 0.15) is 43.7 Å². The number of anilines is 1. The normalized spacial score (nSPS) is 22.6. The summed E-state index contributed by atoms with van der Waals surface area (Å²) in [7, 11) is -8.58. The van der Waals surface area contributed by atoms with Crippen LogP contribution in [0.2, 0.25) is 0 Å². The van der Waals surface area contributed by atoms with E-state index in [4.69, 9.17) is 16.9 Å². The molecule has 4 rings (SSSR count). The van der Waals surface area contributed by atoms with Crippen LogP contribution in [0, 0.1) is 17.3 Å². The molecule has 2 fully saturated rings. The Balaban J connectivity index is 0.000000428. The summed E-state index contributed by atoms with van der Waals surface area (Å²) in [6.45, 7) is 0.501. The summed E-state index contributed by atoms with van der Waals surface area (Å²) in [5.74, 6) is -4.33. The van der Waals surface area contributed by atoms with Gasteiger partial charge in [0, 0.05) is 49.9 Å². The summed E-state index contributed by atoms with van der Waals surface area (Å²) >= 11 is 5.71. The highest BCUT2D eigenvalue weighted by Gasteiger charge is 2.65. The number of carbonyl (C=O) groups is 2. The molecule has 1 aliphatic heterocycles. The van der Waals surface area contributed by atoms with Crippen LogP contribution in [0.15, 0.2) is 47.6 Å². The molecule has 1 aromatic carbocycles. The van der Waals surface area contributed by atoms with Crippen LogP contribution in [-0.4, -0.2) is 59.1 Å². The molecule has 3 atom stereocenters. The van der Waals surface area contributed by atoms with Crippen molar-refractivity contribution in [3.8, 4) is 6.19 Å². The van der Waals surface area contributed by atoms with Crippen molar-refractivity contribution >= 4 is 39.7 Å². The number of pyridine rings is 1. The molecular weight excluding hydrogens is 634 g/mol. The molecular formula is C26H28ClF8N5O2S. The SMILES string of the molecule is CN(c1ccc(S(F)(F)(F)(F)F)cc1)C(C(=O)NC1CCC(F)(F)CC1)c1cncc(F)c1.N#CN1CC(Cl)CC1C=O. The Kier molecular flexibility index (Phi) is 9.53. The number of carbonyl (C=O) groups excluding carboxylic acids is 2. The predicted octanol–water partition coefficient (Wildman–Crippen LogP) is 7.10. The molecule has 2 heterocycles. The monoisotopic (exact) mass is 661 g/mol. The van der Waals surface area contributed by atoms with Gasteiger partial charge >= 0.3 is 10.2 Å². The number of alkyl halides is 3. The summed E-state index contributed by atoms with van der Waals surface area (Å²) in [6.07, 6.45) is 4.50. The molecule has 3 unspecified atom stereocenters. The van der Waals surface area contributed by atoms with E-state index >= 15 is 0 Å². The van der Waals surface area contributed by atoms with Gasteiger partial charge in [0.05, 0.1) is 17.6 Å². The number of nitriles is 1. The number of hydrogen-bond acceptors (Lipinski definition) is 6. The highest BCUT2D eigenvalue weighted by Crippen LogP contribution is 3.02. The molecule has 43 heavy (non-hydrogen) atoms. The Morgan fingerprint density at radius 1 is 1.19 bits per heavy atom. The molecule has 2 aromatic rings. The number of benzene rings is 1. The number of halogens is 9. The van der Waals surface area contributed by atoms with Crippen LogP contribution in [0.3, 0.4) is 0 Å². The third kappa shape index (κ3) is 9.33. The van der Waals surface area contributed by atoms with E-state index in [1.165, 1.54) is 23.0 Å². The number of nitrogens with zero attached hydrogens (tertiary/aromatic N) is 4. The number of hydrogen-bond donors (Lipinski definition) is 1. The van der Waals surface area contributed by atoms with E-state index in [2.05, 4.69) is 10.3 Å². The van der Waals surface area contributed by atoms with Gasteiger partial charge in [0.25, 0.3) is 0 Å². The van der Waals surface area contributed by atoms with Gasteiger partial charge in [0.2, 0.25) is 11.8 Å². The third-order valence-corrected chi connectivity index (χ3v) is 8.49. The van der Waals surface area contributed by atoms with Crippen molar-refractivity contribution in [2.75, 3.05) is 18.5 Å². The lowest BCUT2D eigenvalue weighted by atomic mass is 9.92. The number of likely N-dealkylation sites (N-methyl/N-ethyl adjacent to an activating group) is 1. The van der Waals surface area contributed by atoms with Crippen molar-refractivity contribution in [2.45, 2.75) is 66.4 Å². The molecule has 0 radical (unpaired) electrons. The van der Waals surface area contributed by atoms with Gasteiger partial charge in [-0.3, -0.25) is 14.7 Å². The van der Waals surface area contributed by atoms with E-state index in [1.807, 2.05) is 6.19 Å². The smallest absolute Gasteiger partial charge is 0.310 e. The maximum absolute atomic E-state index is 13.8. The van der Waals surface area contributed by atoms with Crippen LogP contribution < -0.4 is 10.2 Å². The molecule has 2 aliphatic rings. The van der Waals surface area contributed by atoms with E-state index in [-0.39, 0.29) is 47.6 Å². The maximum Gasteiger partial charge on any atom is 0.310 e. The van der Waals surface area contributed by atoms with Gasteiger partial charge in [-0.05, 0) is 49.6 Å². The van der Waals surface area contributed by atoms with Crippen molar-refractivity contribution in [2.24, 2.45) is 0 Å². The predicted molar refractivity (Wildman–Crippen MR) is 145 cm³/mol. The van der Waals surface area contributed by atoms with Crippen LogP contribution in [-0.2, 0) is 9.59 Å². The number of likely N-dealkylation sites (tertiary alicyclic amines) is 1. The molecule has 17 heteroatoms. The van der Waals surface area contributed by atoms with Gasteiger partial charge in [-0.1, -0.05) is 19.4 Å². The third-order valence-electron chi connectivity index (χ3n) is 7.01. The molecule has 238 valence electrons. The van der Waals surface area contributed by atoms with E-state index < -0.39 is 57.7 Å². The minimum atomic E-state index is -9.88. The minimum absolute atomic E-state index is 0.00910. The summed E-state index contributed by atoms with van der Waals surface area (Å²) in [5.41, 5.74) is -0.00637. The fraction of sp³-hybridized carbons (Fsp3) is 0.462. The van der Waals surface area contributed by atoms with Gasteiger partial charge in [-0.2, -0.15) is 5.26 Å². The molecule has 1 N–H and O–H groups in total. The quantitative estimate of drug-likeness (QED) is 0.147. The van der Waals surface area contributed by atoms with E-state index in [0.29, 0.717) is 13.0 Å². The summed E-state index contributed by atoms with van der Waals surface area (Å²) in [4.78, 5) is 27.5. The Morgan fingerprint density at radius 3 is 2.28 bits per heavy atom. The topological polar surface area (TPSA) is 89.3 Å². The molecule has 1 amide bonds. The average Bonchev–Trinajstić information content (AvgIpc) is 3.29. The zero-order valence-corrected chi connectivity index (χ0v) is 24.2. The van der Waals surface area contributed by atoms with Gasteiger partial charge < -0.3 is 15.0 Å². The average molecular weight is 662 g/mol. The van der Waals surface area contributed by atoms with Crippen molar-refractivity contribution in [1.82, 2.24) is 15.2 Å². The van der Waals surface area contributed by atoms with Crippen LogP contribution in [0.25, 0.3) is 0 Å². The summed E-state index contributed by atoms with van der Waals surface area (Å²) in [6, 6.07) is 0.749. The summed E-state index contributed by atoms with van der Waals surface area (Å²) in [5, 5.41) is 11.0. The number of rotatable bonds is 7. The van der Waals surface area contributed by atoms with Crippen LogP contribution in [0.5, 0.6) is 0 Å². The second-order valence-electron chi connectivity index (χ2n) is 10.3. The molecule has 1 saturated heterocycles. The number of amides is 1. The van der Waals surface area contributed by atoms with Crippen LogP contribution >= 0.6 is 21.8 Å². The van der Waals surface area contributed by atoms with E-state index in [0.717, 1.165) is 30.7 Å². The molecule has 1 saturated carbocycles. The standard InChI is InChI=1S/C20H21F8N3OS.C6H7ClN2O/c1-31(16-2-4-17(5-3-16)33(24,25,26,27)28)18(13-10-14(21)12-29-11-13)19(32)30-15-6-8-20(22,23)9-7-15;7-5-1-6(3-10)9(2-5)4-8/h2-5,10-12,15,18H,6-9H2,1H3,(H,30,32);3,5-6H,1-2H2. The lowest BCUT2D eigenvalue weighted by Gasteiger charge is -2.40. The molecule has 1 aromatic heterocycles. The fourth-order valence-corrected chi connectivity index (χ4v) is 5.72. The number of aldehydes is 1. The minimum Gasteiger partial charge on any atom is -0.359 e. The van der Waals surface area contributed by atoms with Gasteiger partial charge in [0.1, 0.15) is 23.0 Å². The Labute approximate surface area is 247 Å². The van der Waals surface area contributed by atoms with E-state index in [1.54, 1.807) is 0 Å². The maximum atomic E-state index is 13.8. The Morgan fingerprint density at radius 2 is 1.79 bits per heavy atom. The lowest BCUT2D eigenvalue weighted by molar-refractivity contribution is -0.124. The first-order chi connectivity index (χ1) is 19.7. The first kappa shape index (κ1) is 34.2. The van der Waals surface area contributed by atoms with Crippen molar-refractivity contribution in [3.63, 3.8) is 0 Å². The second-order valence-corrected chi connectivity index (χ2v) is 13.4. The van der Waals surface area contributed by atoms with Gasteiger partial charge in [-0.25, -0.2) is 13.2 Å².